The fraction of sp³-hybridized carbons (Fsp3) is 0.480. The summed E-state index contributed by atoms with van der Waals surface area (Å²) < 4.78 is 66.7. The second kappa shape index (κ2) is 16.3. The number of amides is 2. The largest absolute Gasteiger partial charge is 0.505 e. The molecule has 0 spiro atoms. The van der Waals surface area contributed by atoms with Gasteiger partial charge < -0.3 is 45.3 Å². The molecular weight excluding hydrogens is 692 g/mol. The normalized spacial score (nSPS) is 15.5. The van der Waals surface area contributed by atoms with Gasteiger partial charge in [0.05, 0.1) is 17.9 Å². The second-order valence-electron chi connectivity index (χ2n) is 9.33. The summed E-state index contributed by atoms with van der Waals surface area (Å²) >= 11 is 0. The van der Waals surface area contributed by atoms with Gasteiger partial charge in [-0.25, -0.2) is 14.0 Å². The standard InChI is InChI=1S/C25H28F4N2O18/c1-10(33)43-23(42,18(38)8-32)25(45-12(3)35,49-47-14(5)37)24(44-11(2)34,48-46-13(4)36)21(41)31-17-7-15(26)6-16(19(17)39)20(40)30-9-22(27,28)29/h6-7,18,32,38-39,42H,8-9H2,1-5H3,(H,30,40)(H,31,41)/t18-,23+,24+,25+/m1/s1. The number of phenolic OH excluding ortho intramolecular Hbond substituents is 1. The van der Waals surface area contributed by atoms with Gasteiger partial charge in [-0.3, -0.25) is 33.7 Å². The number of carbonyl (C=O) groups is 7. The second-order valence-corrected chi connectivity index (χ2v) is 9.33. The Morgan fingerprint density at radius 3 is 1.78 bits per heavy atom. The fourth-order valence-corrected chi connectivity index (χ4v) is 3.57. The van der Waals surface area contributed by atoms with E-state index in [9.17, 15) is 71.5 Å². The number of aliphatic hydroxyl groups is 3. The molecule has 0 heterocycles. The topological polar surface area (TPSA) is 289 Å². The van der Waals surface area contributed by atoms with Crippen molar-refractivity contribution >= 4 is 47.3 Å². The lowest BCUT2D eigenvalue weighted by atomic mass is 9.89. The number of carbonyl (C=O) groups excluding carboxylic acids is 7. The van der Waals surface area contributed by atoms with Crippen LogP contribution in [0.5, 0.6) is 5.75 Å². The molecule has 0 aliphatic carbocycles. The minimum atomic E-state index is -4.99. The van der Waals surface area contributed by atoms with Crippen molar-refractivity contribution in [2.24, 2.45) is 0 Å². The molecule has 24 heteroatoms. The number of hydrogen-bond acceptors (Lipinski definition) is 18. The van der Waals surface area contributed by atoms with Crippen LogP contribution in [0.1, 0.15) is 45.0 Å². The number of ether oxygens (including phenoxy) is 3. The predicted octanol–water partition coefficient (Wildman–Crippen LogP) is -1.12. The average molecular weight is 720 g/mol. The summed E-state index contributed by atoms with van der Waals surface area (Å²) in [7, 11) is 0. The molecule has 0 saturated carbocycles. The Bertz CT molecular complexity index is 1470. The Balaban J connectivity index is 4.37. The third-order valence-corrected chi connectivity index (χ3v) is 5.27. The van der Waals surface area contributed by atoms with Gasteiger partial charge in [0.15, 0.2) is 5.75 Å². The van der Waals surface area contributed by atoms with E-state index in [-0.39, 0.29) is 12.1 Å². The highest BCUT2D eigenvalue weighted by atomic mass is 19.4. The van der Waals surface area contributed by atoms with Gasteiger partial charge in [0.2, 0.25) is 0 Å². The van der Waals surface area contributed by atoms with Gasteiger partial charge in [0, 0.05) is 40.7 Å². The maximum Gasteiger partial charge on any atom is 0.409 e. The molecule has 1 aromatic rings. The van der Waals surface area contributed by atoms with Crippen molar-refractivity contribution in [3.05, 3.63) is 23.5 Å². The van der Waals surface area contributed by atoms with Crippen LogP contribution in [0.25, 0.3) is 0 Å². The van der Waals surface area contributed by atoms with Gasteiger partial charge in [-0.2, -0.15) is 13.2 Å². The number of aromatic hydroxyl groups is 1. The van der Waals surface area contributed by atoms with Crippen molar-refractivity contribution in [3.63, 3.8) is 0 Å². The van der Waals surface area contributed by atoms with E-state index in [0.717, 1.165) is 0 Å². The van der Waals surface area contributed by atoms with Gasteiger partial charge in [-0.15, -0.1) is 9.78 Å². The first-order valence-electron chi connectivity index (χ1n) is 12.9. The molecule has 20 nitrogen and oxygen atoms in total. The number of rotatable bonds is 15. The zero-order chi connectivity index (χ0) is 38.1. The molecule has 0 fully saturated rings. The average Bonchev–Trinajstić information content (AvgIpc) is 2.95. The number of alkyl halides is 3. The predicted molar refractivity (Wildman–Crippen MR) is 140 cm³/mol. The Hall–Kier alpha value is -5.17. The summed E-state index contributed by atoms with van der Waals surface area (Å²) in [4.78, 5) is 105. The fourth-order valence-electron chi connectivity index (χ4n) is 3.57. The van der Waals surface area contributed by atoms with Gasteiger partial charge in [0.25, 0.3) is 5.91 Å². The summed E-state index contributed by atoms with van der Waals surface area (Å²) in [5.74, 6) is -29.3. The van der Waals surface area contributed by atoms with Crippen molar-refractivity contribution in [2.45, 2.75) is 64.3 Å². The van der Waals surface area contributed by atoms with E-state index >= 15 is 0 Å². The molecule has 0 bridgehead atoms. The lowest BCUT2D eigenvalue weighted by molar-refractivity contribution is -0.554. The molecule has 0 saturated heterocycles. The van der Waals surface area contributed by atoms with Crippen LogP contribution in [0.4, 0.5) is 23.2 Å². The first-order valence-corrected chi connectivity index (χ1v) is 12.9. The van der Waals surface area contributed by atoms with E-state index in [4.69, 9.17) is 9.47 Å². The van der Waals surface area contributed by atoms with Crippen LogP contribution in [0, 0.1) is 5.82 Å². The van der Waals surface area contributed by atoms with Crippen LogP contribution in [0.2, 0.25) is 0 Å². The van der Waals surface area contributed by atoms with E-state index in [1.54, 1.807) is 0 Å². The van der Waals surface area contributed by atoms with Gasteiger partial charge >= 0.3 is 59.3 Å². The first-order chi connectivity index (χ1) is 22.4. The third-order valence-electron chi connectivity index (χ3n) is 5.27. The number of phenols is 1. The maximum absolute atomic E-state index is 14.6. The number of anilines is 1. The zero-order valence-electron chi connectivity index (χ0n) is 25.7. The van der Waals surface area contributed by atoms with Crippen molar-refractivity contribution in [3.8, 4) is 5.75 Å². The van der Waals surface area contributed by atoms with Crippen LogP contribution >= 0.6 is 0 Å². The number of halogens is 4. The number of hydrogen-bond donors (Lipinski definition) is 6. The van der Waals surface area contributed by atoms with Crippen molar-refractivity contribution in [1.82, 2.24) is 5.32 Å². The Morgan fingerprint density at radius 1 is 0.816 bits per heavy atom. The van der Waals surface area contributed by atoms with Gasteiger partial charge in [-0.05, 0) is 6.07 Å². The zero-order valence-corrected chi connectivity index (χ0v) is 25.7. The Labute approximate surface area is 270 Å². The lowest BCUT2D eigenvalue weighted by Crippen LogP contribution is -2.80. The lowest BCUT2D eigenvalue weighted by Gasteiger charge is -2.49. The highest BCUT2D eigenvalue weighted by Crippen LogP contribution is 2.46. The smallest absolute Gasteiger partial charge is 0.409 e. The maximum atomic E-state index is 14.6. The molecule has 0 aliphatic rings. The number of esters is 3. The van der Waals surface area contributed by atoms with Crippen LogP contribution < -0.4 is 10.6 Å². The van der Waals surface area contributed by atoms with Crippen LogP contribution in [-0.2, 0) is 62.5 Å². The highest BCUT2D eigenvalue weighted by Gasteiger charge is 2.83. The van der Waals surface area contributed by atoms with Crippen LogP contribution in [0.15, 0.2) is 12.1 Å². The molecule has 0 unspecified atom stereocenters. The molecule has 0 aromatic heterocycles. The highest BCUT2D eigenvalue weighted by molar-refractivity contribution is 6.03. The van der Waals surface area contributed by atoms with E-state index in [1.807, 2.05) is 0 Å². The van der Waals surface area contributed by atoms with Gasteiger partial charge in [0.1, 0.15) is 18.5 Å². The van der Waals surface area contributed by atoms with E-state index in [2.05, 4.69) is 24.3 Å². The molecule has 274 valence electrons. The van der Waals surface area contributed by atoms with E-state index in [1.165, 1.54) is 10.6 Å². The molecule has 0 aliphatic heterocycles. The van der Waals surface area contributed by atoms with Crippen molar-refractivity contribution in [2.75, 3.05) is 18.5 Å². The summed E-state index contributed by atoms with van der Waals surface area (Å²) in [6.07, 6.45) is -8.07. The first kappa shape index (κ1) is 41.9. The summed E-state index contributed by atoms with van der Waals surface area (Å²) in [6.45, 7) is -1.32. The van der Waals surface area contributed by atoms with Gasteiger partial charge in [-0.1, -0.05) is 0 Å². The SMILES string of the molecule is CC(=O)OO[C@@](OC(C)=O)(C(=O)Nc1cc(F)cc(C(=O)NCC(F)(F)F)c1O)[C@](OOC(C)=O)(OC(C)=O)[C@@](O)(OC(C)=O)[C@H](O)CO. The van der Waals surface area contributed by atoms with E-state index in [0.29, 0.717) is 34.6 Å². The monoisotopic (exact) mass is 720 g/mol. The van der Waals surface area contributed by atoms with Crippen LogP contribution in [0.3, 0.4) is 0 Å². The summed E-state index contributed by atoms with van der Waals surface area (Å²) in [5, 5.41) is 45.4. The number of benzene rings is 1. The quantitative estimate of drug-likeness (QED) is 0.0238. The Kier molecular flexibility index (Phi) is 13.9. The van der Waals surface area contributed by atoms with Crippen molar-refractivity contribution < 1.29 is 105 Å². The van der Waals surface area contributed by atoms with Crippen molar-refractivity contribution in [1.29, 1.82) is 0 Å². The third kappa shape index (κ3) is 10.2. The van der Waals surface area contributed by atoms with Crippen LogP contribution in [-0.4, -0.2) is 105 Å². The molecule has 49 heavy (non-hydrogen) atoms. The molecule has 2 amide bonds. The Morgan fingerprint density at radius 2 is 1.33 bits per heavy atom. The number of aliphatic hydroxyl groups excluding tert-OH is 2. The molecule has 4 atom stereocenters. The van der Waals surface area contributed by atoms with E-state index < -0.39 is 107 Å². The molecule has 1 rings (SSSR count). The molecule has 6 N–H and O–H groups in total. The summed E-state index contributed by atoms with van der Waals surface area (Å²) in [5.41, 5.74) is -2.62. The minimum absolute atomic E-state index is 0.166. The summed E-state index contributed by atoms with van der Waals surface area (Å²) in [6, 6.07) is 0.356. The molecular formula is C25H28F4N2O18. The molecule has 0 radical (unpaired) electrons. The minimum Gasteiger partial charge on any atom is -0.505 e. The number of nitrogens with one attached hydrogen (secondary N) is 2. The molecule has 1 aromatic carbocycles.